The van der Waals surface area contributed by atoms with Gasteiger partial charge in [-0.15, -0.1) is 0 Å². The second-order valence-corrected chi connectivity index (χ2v) is 6.78. The lowest BCUT2D eigenvalue weighted by Gasteiger charge is -2.23. The van der Waals surface area contributed by atoms with E-state index < -0.39 is 0 Å². The van der Waals surface area contributed by atoms with Gasteiger partial charge in [0.1, 0.15) is 0 Å². The van der Waals surface area contributed by atoms with Crippen molar-refractivity contribution >= 4 is 5.91 Å². The standard InChI is InChI=1S/C21H27NO2/c23-21(22-16-20-10-6-14-24-20)11-3-1-2-7-17-12-13-18-8-4-5-9-19(18)15-17/h1-5,8-9,11,17,20H,6-7,10,12-16H2,(H,22,23)/b2-1+,11-3+. The smallest absolute Gasteiger partial charge is 0.244 e. The Labute approximate surface area is 144 Å². The molecule has 1 aliphatic carbocycles. The van der Waals surface area contributed by atoms with Gasteiger partial charge in [-0.05, 0) is 55.6 Å². The van der Waals surface area contributed by atoms with Gasteiger partial charge in [0.05, 0.1) is 6.10 Å². The number of fused-ring (bicyclic) bond motifs is 1. The first-order chi connectivity index (χ1) is 11.8. The molecule has 1 N–H and O–H groups in total. The number of carbonyl (C=O) groups is 1. The van der Waals surface area contributed by atoms with Crippen molar-refractivity contribution in [2.45, 2.75) is 44.6 Å². The van der Waals surface area contributed by atoms with E-state index in [1.807, 2.05) is 12.2 Å². The van der Waals surface area contributed by atoms with Crippen molar-refractivity contribution in [3.05, 3.63) is 59.7 Å². The molecule has 0 spiro atoms. The second-order valence-electron chi connectivity index (χ2n) is 6.78. The van der Waals surface area contributed by atoms with E-state index >= 15 is 0 Å². The van der Waals surface area contributed by atoms with Crippen LogP contribution in [0.5, 0.6) is 0 Å². The zero-order chi connectivity index (χ0) is 16.6. The van der Waals surface area contributed by atoms with Gasteiger partial charge in [0.15, 0.2) is 0 Å². The number of allylic oxidation sites excluding steroid dienone is 3. The Morgan fingerprint density at radius 1 is 1.21 bits per heavy atom. The van der Waals surface area contributed by atoms with Crippen LogP contribution in [0.1, 0.15) is 36.8 Å². The molecular weight excluding hydrogens is 298 g/mol. The van der Waals surface area contributed by atoms with Crippen molar-refractivity contribution in [3.63, 3.8) is 0 Å². The Kier molecular flexibility index (Phi) is 6.25. The predicted molar refractivity (Wildman–Crippen MR) is 96.8 cm³/mol. The van der Waals surface area contributed by atoms with E-state index in [0.717, 1.165) is 31.8 Å². The lowest BCUT2D eigenvalue weighted by Crippen LogP contribution is -2.30. The summed E-state index contributed by atoms with van der Waals surface area (Å²) >= 11 is 0. The molecule has 2 atom stereocenters. The number of nitrogens with one attached hydrogen (secondary N) is 1. The summed E-state index contributed by atoms with van der Waals surface area (Å²) in [6, 6.07) is 8.77. The first kappa shape index (κ1) is 17.0. The molecule has 2 unspecified atom stereocenters. The Hall–Kier alpha value is -1.87. The molecule has 0 saturated carbocycles. The number of aryl methyl sites for hydroxylation is 1. The predicted octanol–water partition coefficient (Wildman–Crippen LogP) is 3.59. The summed E-state index contributed by atoms with van der Waals surface area (Å²) in [6.07, 6.45) is 14.7. The van der Waals surface area contributed by atoms with Crippen molar-refractivity contribution in [2.24, 2.45) is 5.92 Å². The third-order valence-electron chi connectivity index (χ3n) is 4.94. The van der Waals surface area contributed by atoms with Crippen LogP contribution in [0.25, 0.3) is 0 Å². The summed E-state index contributed by atoms with van der Waals surface area (Å²) in [4.78, 5) is 11.7. The topological polar surface area (TPSA) is 38.3 Å². The third-order valence-corrected chi connectivity index (χ3v) is 4.94. The van der Waals surface area contributed by atoms with Gasteiger partial charge in [-0.1, -0.05) is 42.5 Å². The molecule has 3 rings (SSSR count). The highest BCUT2D eigenvalue weighted by Gasteiger charge is 2.17. The Balaban J connectivity index is 1.35. The molecule has 1 fully saturated rings. The number of benzene rings is 1. The van der Waals surface area contributed by atoms with Gasteiger partial charge in [-0.2, -0.15) is 0 Å². The minimum Gasteiger partial charge on any atom is -0.376 e. The van der Waals surface area contributed by atoms with Crippen molar-refractivity contribution in [2.75, 3.05) is 13.2 Å². The summed E-state index contributed by atoms with van der Waals surface area (Å²) < 4.78 is 5.49. The highest BCUT2D eigenvalue weighted by molar-refractivity contribution is 5.87. The molecule has 0 bridgehead atoms. The Morgan fingerprint density at radius 3 is 2.92 bits per heavy atom. The summed E-state index contributed by atoms with van der Waals surface area (Å²) in [5, 5.41) is 2.89. The zero-order valence-corrected chi connectivity index (χ0v) is 14.2. The lowest BCUT2D eigenvalue weighted by molar-refractivity contribution is -0.117. The minimum atomic E-state index is -0.0401. The van der Waals surface area contributed by atoms with E-state index in [1.54, 1.807) is 6.08 Å². The van der Waals surface area contributed by atoms with Crippen LogP contribution in [0.3, 0.4) is 0 Å². The van der Waals surface area contributed by atoms with E-state index in [4.69, 9.17) is 4.74 Å². The average Bonchev–Trinajstić information content (AvgIpc) is 3.13. The molecule has 1 aromatic carbocycles. The van der Waals surface area contributed by atoms with E-state index in [2.05, 4.69) is 35.7 Å². The molecule has 1 aromatic rings. The summed E-state index contributed by atoms with van der Waals surface area (Å²) in [6.45, 7) is 1.44. The average molecular weight is 325 g/mol. The Bertz CT molecular complexity index is 600. The highest BCUT2D eigenvalue weighted by Crippen LogP contribution is 2.27. The van der Waals surface area contributed by atoms with E-state index in [9.17, 15) is 4.79 Å². The van der Waals surface area contributed by atoms with Gasteiger partial charge < -0.3 is 10.1 Å². The largest absolute Gasteiger partial charge is 0.376 e. The van der Waals surface area contributed by atoms with Crippen LogP contribution in [-0.2, 0) is 22.4 Å². The summed E-state index contributed by atoms with van der Waals surface area (Å²) in [5.74, 6) is 0.680. The van der Waals surface area contributed by atoms with E-state index in [1.165, 1.54) is 30.4 Å². The van der Waals surface area contributed by atoms with E-state index in [0.29, 0.717) is 6.54 Å². The maximum atomic E-state index is 11.7. The monoisotopic (exact) mass is 325 g/mol. The summed E-state index contributed by atoms with van der Waals surface area (Å²) in [5.41, 5.74) is 3.02. The molecule has 1 saturated heterocycles. The number of carbonyl (C=O) groups excluding carboxylic acids is 1. The fourth-order valence-electron chi connectivity index (χ4n) is 3.55. The SMILES string of the molecule is O=C(/C=C/C=C/CC1CCc2ccccc2C1)NCC1CCCO1. The number of ether oxygens (including phenoxy) is 1. The molecule has 1 amide bonds. The molecule has 1 heterocycles. The number of hydrogen-bond donors (Lipinski definition) is 1. The maximum absolute atomic E-state index is 11.7. The van der Waals surface area contributed by atoms with Gasteiger partial charge >= 0.3 is 0 Å². The first-order valence-corrected chi connectivity index (χ1v) is 9.10. The van der Waals surface area contributed by atoms with E-state index in [-0.39, 0.29) is 12.0 Å². The molecular formula is C21H27NO2. The highest BCUT2D eigenvalue weighted by atomic mass is 16.5. The number of hydrogen-bond acceptors (Lipinski definition) is 2. The normalized spacial score (nSPS) is 23.7. The fraction of sp³-hybridized carbons (Fsp3) is 0.476. The molecule has 2 aliphatic rings. The third kappa shape index (κ3) is 5.07. The van der Waals surface area contributed by atoms with Crippen LogP contribution in [0, 0.1) is 5.92 Å². The lowest BCUT2D eigenvalue weighted by atomic mass is 9.82. The van der Waals surface area contributed by atoms with Gasteiger partial charge in [0, 0.05) is 19.2 Å². The molecule has 3 heteroatoms. The van der Waals surface area contributed by atoms with Crippen LogP contribution in [0.15, 0.2) is 48.6 Å². The molecule has 128 valence electrons. The van der Waals surface area contributed by atoms with Crippen LogP contribution in [0.4, 0.5) is 0 Å². The van der Waals surface area contributed by atoms with Crippen LogP contribution < -0.4 is 5.32 Å². The van der Waals surface area contributed by atoms with Crippen molar-refractivity contribution < 1.29 is 9.53 Å². The Morgan fingerprint density at radius 2 is 2.08 bits per heavy atom. The summed E-state index contributed by atoms with van der Waals surface area (Å²) in [7, 11) is 0. The minimum absolute atomic E-state index is 0.0401. The van der Waals surface area contributed by atoms with Crippen molar-refractivity contribution in [1.29, 1.82) is 0 Å². The number of rotatable bonds is 6. The van der Waals surface area contributed by atoms with Gasteiger partial charge in [-0.25, -0.2) is 0 Å². The molecule has 24 heavy (non-hydrogen) atoms. The quantitative estimate of drug-likeness (QED) is 0.641. The molecule has 1 aliphatic heterocycles. The maximum Gasteiger partial charge on any atom is 0.244 e. The van der Waals surface area contributed by atoms with Crippen LogP contribution in [0.2, 0.25) is 0 Å². The molecule has 0 radical (unpaired) electrons. The van der Waals surface area contributed by atoms with Crippen LogP contribution in [-0.4, -0.2) is 25.2 Å². The zero-order valence-electron chi connectivity index (χ0n) is 14.2. The molecule has 3 nitrogen and oxygen atoms in total. The van der Waals surface area contributed by atoms with Gasteiger partial charge in [0.25, 0.3) is 0 Å². The van der Waals surface area contributed by atoms with Crippen LogP contribution >= 0.6 is 0 Å². The fourth-order valence-corrected chi connectivity index (χ4v) is 3.55. The van der Waals surface area contributed by atoms with Gasteiger partial charge in [0.2, 0.25) is 5.91 Å². The van der Waals surface area contributed by atoms with Crippen molar-refractivity contribution in [1.82, 2.24) is 5.32 Å². The molecule has 0 aromatic heterocycles. The van der Waals surface area contributed by atoms with Crippen molar-refractivity contribution in [3.8, 4) is 0 Å². The van der Waals surface area contributed by atoms with Gasteiger partial charge in [-0.3, -0.25) is 4.79 Å². The number of amides is 1. The first-order valence-electron chi connectivity index (χ1n) is 9.10. The second kappa shape index (κ2) is 8.84.